The molecule has 6 aromatic rings. The summed E-state index contributed by atoms with van der Waals surface area (Å²) in [5.74, 6) is 10.2. The second kappa shape index (κ2) is 27.0. The molecular formula is C74H86FN9O2. The summed E-state index contributed by atoms with van der Waals surface area (Å²) in [6.45, 7) is 16.0. The molecule has 3 aromatic heterocycles. The minimum absolute atomic E-state index is 0.0864. The molecule has 12 aliphatic rings. The maximum Gasteiger partial charge on any atom is 0.130 e. The maximum atomic E-state index is 13.6. The molecule has 86 heavy (non-hydrogen) atoms. The standard InChI is InChI=1S/C14H14N2.C14H17N.C13H14FN.C11H15N3.2C11H13NO/c15-7-10-3-1-2-4-14(10)11-5-12-8-16-9-13(12)6-11;1-10-4-2-3-5-14(10)11-6-12-8-15-9-13(12)7-11;14-13-4-2-1-3-12(13)9-5-10-7-15-8-11(10)6-9;1-14-11(2-3-13-14)8-4-9-6-12-7-10(9)5-8;1-2-13-7-8(1)9-3-10-5-12-6-11(10)4-9;1-2-11(13-3-1)8-4-9-6-12-7-10(9)5-8/h1-5,12-13,16H,6,8-9H2;2-6,12-13,15H,7-9H2,1H3;1-5,10-11,15H,6-8H2;2-4,9-10,12H,5-7H2,1H3;1-3,7,10-12H,4-6H2;1-4,9-10,12H,5-7H2. The van der Waals surface area contributed by atoms with Crippen molar-refractivity contribution < 1.29 is 13.2 Å². The lowest BCUT2D eigenvalue weighted by molar-refractivity contribution is 0.524. The first-order chi connectivity index (χ1) is 42.3. The number of nitrogens with one attached hydrogen (secondary N) is 6. The summed E-state index contributed by atoms with van der Waals surface area (Å²) in [7, 11) is 2.02. The van der Waals surface area contributed by atoms with Gasteiger partial charge in [-0.1, -0.05) is 97.1 Å². The Hall–Kier alpha value is -6.95. The molecule has 6 saturated heterocycles. The van der Waals surface area contributed by atoms with Gasteiger partial charge in [0.1, 0.15) is 11.6 Å². The number of fused-ring (bicyclic) bond motifs is 6. The zero-order chi connectivity index (χ0) is 58.3. The van der Waals surface area contributed by atoms with E-state index in [1.54, 1.807) is 30.2 Å². The van der Waals surface area contributed by atoms with Gasteiger partial charge in [0.25, 0.3) is 0 Å². The molecule has 446 valence electrons. The van der Waals surface area contributed by atoms with Crippen LogP contribution in [0.1, 0.15) is 83.4 Å². The molecule has 9 heterocycles. The fourth-order valence-electron chi connectivity index (χ4n) is 16.0. The van der Waals surface area contributed by atoms with Crippen molar-refractivity contribution in [1.29, 1.82) is 5.26 Å². The molecule has 18 rings (SSSR count). The Morgan fingerprint density at radius 1 is 0.465 bits per heavy atom. The molecule has 3 aromatic carbocycles. The number of allylic oxidation sites excluding steroid dienone is 6. The first-order valence-electron chi connectivity index (χ1n) is 32.1. The molecule has 11 nitrogen and oxygen atoms in total. The highest BCUT2D eigenvalue weighted by molar-refractivity contribution is 5.74. The zero-order valence-corrected chi connectivity index (χ0v) is 50.2. The Balaban J connectivity index is 0.0000000958. The largest absolute Gasteiger partial charge is 0.472 e. The van der Waals surface area contributed by atoms with Crippen molar-refractivity contribution in [2.45, 2.75) is 45.4 Å². The smallest absolute Gasteiger partial charge is 0.130 e. The Kier molecular flexibility index (Phi) is 18.2. The molecular weight excluding hydrogens is 1070 g/mol. The Labute approximate surface area is 508 Å². The summed E-state index contributed by atoms with van der Waals surface area (Å²) in [6.07, 6.45) is 28.6. The topological polar surface area (TPSA) is 140 Å². The third-order valence-corrected chi connectivity index (χ3v) is 20.7. The predicted molar refractivity (Wildman–Crippen MR) is 344 cm³/mol. The SMILES string of the molecule is C1=C(c2ccco2)CC2CNCC12.C1=C(c2ccoc2)CC2CNCC12.Cc1ccccc1C1=CC2CNCC2C1.Cn1nccc1C1=CC2CNCC2C1.Fc1ccccc1C1=CC2CNCC2C1.N#Cc1ccccc1C1=CC2CNCC2C1. The molecule has 0 spiro atoms. The maximum absolute atomic E-state index is 13.6. The number of benzene rings is 3. The Morgan fingerprint density at radius 3 is 1.38 bits per heavy atom. The third-order valence-electron chi connectivity index (χ3n) is 20.7. The van der Waals surface area contributed by atoms with Crippen molar-refractivity contribution >= 4 is 33.4 Å². The van der Waals surface area contributed by atoms with E-state index in [0.29, 0.717) is 17.8 Å². The predicted octanol–water partition coefficient (Wildman–Crippen LogP) is 12.1. The summed E-state index contributed by atoms with van der Waals surface area (Å²) >= 11 is 0. The van der Waals surface area contributed by atoms with Gasteiger partial charge in [-0.3, -0.25) is 4.68 Å². The van der Waals surface area contributed by atoms with Crippen LogP contribution in [-0.2, 0) is 7.05 Å². The van der Waals surface area contributed by atoms with Gasteiger partial charge >= 0.3 is 0 Å². The molecule has 6 aliphatic carbocycles. The third kappa shape index (κ3) is 13.2. The fraction of sp³-hybridized carbons (Fsp3) is 0.432. The number of hydrogen-bond acceptors (Lipinski definition) is 10. The van der Waals surface area contributed by atoms with E-state index in [4.69, 9.17) is 14.1 Å². The normalized spacial score (nSPS) is 29.8. The second-order valence-corrected chi connectivity index (χ2v) is 26.2. The average molecular weight is 1150 g/mol. The fourth-order valence-corrected chi connectivity index (χ4v) is 16.0. The average Bonchev–Trinajstić information content (AvgIpc) is 4.43. The van der Waals surface area contributed by atoms with Crippen LogP contribution in [0.3, 0.4) is 0 Å². The summed E-state index contributed by atoms with van der Waals surface area (Å²) in [6, 6.07) is 34.2. The number of nitriles is 1. The van der Waals surface area contributed by atoms with Gasteiger partial charge in [-0.05, 0) is 242 Å². The molecule has 12 heteroatoms. The minimum atomic E-state index is -0.0864. The number of rotatable bonds is 6. The summed E-state index contributed by atoms with van der Waals surface area (Å²) in [5, 5.41) is 33.8. The number of nitrogens with zero attached hydrogens (tertiary/aromatic N) is 3. The number of halogens is 1. The summed E-state index contributed by atoms with van der Waals surface area (Å²) in [4.78, 5) is 0. The monoisotopic (exact) mass is 1150 g/mol. The molecule has 0 amide bonds. The van der Waals surface area contributed by atoms with Gasteiger partial charge in [-0.25, -0.2) is 4.39 Å². The Morgan fingerprint density at radius 2 is 0.907 bits per heavy atom. The van der Waals surface area contributed by atoms with E-state index in [9.17, 15) is 4.39 Å². The van der Waals surface area contributed by atoms with Crippen molar-refractivity contribution in [1.82, 2.24) is 41.7 Å². The van der Waals surface area contributed by atoms with Crippen LogP contribution in [0, 0.1) is 95.1 Å². The van der Waals surface area contributed by atoms with Gasteiger partial charge in [-0.2, -0.15) is 10.4 Å². The molecule has 6 aliphatic heterocycles. The van der Waals surface area contributed by atoms with Crippen LogP contribution in [0.4, 0.5) is 4.39 Å². The van der Waals surface area contributed by atoms with Gasteiger partial charge < -0.3 is 40.7 Å². The zero-order valence-electron chi connectivity index (χ0n) is 50.2. The van der Waals surface area contributed by atoms with E-state index in [2.05, 4.69) is 135 Å². The second-order valence-electron chi connectivity index (χ2n) is 26.2. The van der Waals surface area contributed by atoms with E-state index in [1.165, 1.54) is 109 Å². The van der Waals surface area contributed by atoms with Crippen LogP contribution < -0.4 is 31.9 Å². The summed E-state index contributed by atoms with van der Waals surface area (Å²) in [5.41, 5.74) is 16.7. The van der Waals surface area contributed by atoms with Gasteiger partial charge in [0, 0.05) is 63.6 Å². The number of aryl methyl sites for hydroxylation is 2. The van der Waals surface area contributed by atoms with Gasteiger partial charge in [0.05, 0.1) is 36.1 Å². The lowest BCUT2D eigenvalue weighted by Crippen LogP contribution is -2.09. The summed E-state index contributed by atoms with van der Waals surface area (Å²) < 4.78 is 26.0. The van der Waals surface area contributed by atoms with Crippen LogP contribution in [0.2, 0.25) is 0 Å². The van der Waals surface area contributed by atoms with E-state index in [0.717, 1.165) is 134 Å². The van der Waals surface area contributed by atoms with Crippen molar-refractivity contribution in [2.75, 3.05) is 78.5 Å². The van der Waals surface area contributed by atoms with Crippen molar-refractivity contribution in [2.24, 2.45) is 78.1 Å². The van der Waals surface area contributed by atoms with Crippen LogP contribution in [0.25, 0.3) is 33.4 Å². The van der Waals surface area contributed by atoms with Crippen LogP contribution >= 0.6 is 0 Å². The van der Waals surface area contributed by atoms with Crippen LogP contribution in [0.5, 0.6) is 0 Å². The molecule has 12 unspecified atom stereocenters. The highest BCUT2D eigenvalue weighted by Gasteiger charge is 2.37. The molecule has 6 fully saturated rings. The quantitative estimate of drug-likeness (QED) is 0.0955. The lowest BCUT2D eigenvalue weighted by atomic mass is 9.96. The molecule has 0 bridgehead atoms. The van der Waals surface area contributed by atoms with Gasteiger partial charge in [0.2, 0.25) is 0 Å². The van der Waals surface area contributed by atoms with Crippen LogP contribution in [-0.4, -0.2) is 88.3 Å². The van der Waals surface area contributed by atoms with Gasteiger partial charge in [0.15, 0.2) is 0 Å². The highest BCUT2D eigenvalue weighted by atomic mass is 19.1. The highest BCUT2D eigenvalue weighted by Crippen LogP contribution is 2.44. The van der Waals surface area contributed by atoms with Crippen LogP contribution in [0.15, 0.2) is 167 Å². The first kappa shape index (κ1) is 58.1. The van der Waals surface area contributed by atoms with Gasteiger partial charge in [-0.15, -0.1) is 0 Å². The number of hydrogen-bond donors (Lipinski definition) is 6. The van der Waals surface area contributed by atoms with E-state index < -0.39 is 0 Å². The molecule has 12 atom stereocenters. The molecule has 0 saturated carbocycles. The van der Waals surface area contributed by atoms with Crippen molar-refractivity contribution in [3.63, 3.8) is 0 Å². The van der Waals surface area contributed by atoms with E-state index in [1.807, 2.05) is 60.6 Å². The van der Waals surface area contributed by atoms with E-state index >= 15 is 0 Å². The molecule has 0 radical (unpaired) electrons. The molecule has 6 N–H and O–H groups in total. The Bertz CT molecular complexity index is 3380. The lowest BCUT2D eigenvalue weighted by Gasteiger charge is -2.08. The first-order valence-corrected chi connectivity index (χ1v) is 32.1. The minimum Gasteiger partial charge on any atom is -0.472 e. The number of furan rings is 2. The number of aromatic nitrogens is 2. The van der Waals surface area contributed by atoms with Crippen molar-refractivity contribution in [3.8, 4) is 6.07 Å². The van der Waals surface area contributed by atoms with E-state index in [-0.39, 0.29) is 5.82 Å². The van der Waals surface area contributed by atoms with Crippen molar-refractivity contribution in [3.05, 3.63) is 209 Å².